The number of nitriles is 1. The fourth-order valence-corrected chi connectivity index (χ4v) is 8.73. The average Bonchev–Trinajstić information content (AvgIpc) is 3.75. The molecule has 2 aliphatic heterocycles. The number of likely N-dealkylation sites (tertiary alicyclic amines) is 1. The molecule has 1 aliphatic carbocycles. The molecule has 0 radical (unpaired) electrons. The zero-order valence-corrected chi connectivity index (χ0v) is 28.3. The van der Waals surface area contributed by atoms with E-state index in [1.54, 1.807) is 24.0 Å². The van der Waals surface area contributed by atoms with Crippen LogP contribution in [0, 0.1) is 28.4 Å². The number of likely N-dealkylation sites (N-methyl/N-ethyl adjacent to an activating group) is 1. The Morgan fingerprint density at radius 2 is 1.92 bits per heavy atom. The second-order valence-electron chi connectivity index (χ2n) is 13.3. The van der Waals surface area contributed by atoms with Gasteiger partial charge in [-0.05, 0) is 62.9 Å². The second-order valence-corrected chi connectivity index (χ2v) is 14.4. The highest BCUT2D eigenvalue weighted by atomic mass is 32.1. The van der Waals surface area contributed by atoms with Gasteiger partial charge >= 0.3 is 12.2 Å². The number of nitrogens with two attached hydrogens (primary N) is 2. The number of aromatic nitrogens is 3. The van der Waals surface area contributed by atoms with E-state index in [0.29, 0.717) is 16.9 Å². The summed E-state index contributed by atoms with van der Waals surface area (Å²) in [5.74, 6) is -2.72. The number of thiophene rings is 1. The highest BCUT2D eigenvalue weighted by Crippen LogP contribution is 2.57. The fraction of sp³-hybridized carbons (Fsp3) is 0.371. The van der Waals surface area contributed by atoms with Crippen LogP contribution in [-0.4, -0.2) is 59.2 Å². The molecule has 51 heavy (non-hydrogen) atoms. The summed E-state index contributed by atoms with van der Waals surface area (Å²) in [4.78, 5) is 17.1. The highest BCUT2D eigenvalue weighted by molar-refractivity contribution is 7.23. The van der Waals surface area contributed by atoms with Crippen molar-refractivity contribution in [3.05, 3.63) is 58.8 Å². The first kappa shape index (κ1) is 33.2. The van der Waals surface area contributed by atoms with Crippen LogP contribution in [0.2, 0.25) is 0 Å². The van der Waals surface area contributed by atoms with Crippen molar-refractivity contribution in [2.24, 2.45) is 5.41 Å². The smallest absolute Gasteiger partial charge is 0.420 e. The van der Waals surface area contributed by atoms with Gasteiger partial charge in [-0.25, -0.2) is 13.8 Å². The molecule has 5 aromatic rings. The number of hydrogen-bond acceptors (Lipinski definition) is 11. The zero-order valence-electron chi connectivity index (χ0n) is 27.4. The number of rotatable bonds is 6. The SMILES string of the molecule is C[C@H](c1cccnc1N)N1CCOc2c(C(F)(F)F)c(-c3ccc(F)c4sc(N)c(C#N)c34)c(F)c3nc(OC[C@@H]4N(C)CCC45CC5)nc1c23. The maximum Gasteiger partial charge on any atom is 0.420 e. The summed E-state index contributed by atoms with van der Waals surface area (Å²) in [5.41, 5.74) is 9.37. The van der Waals surface area contributed by atoms with Crippen LogP contribution in [0.1, 0.15) is 48.9 Å². The van der Waals surface area contributed by atoms with Crippen LogP contribution in [0.3, 0.4) is 0 Å². The number of halogens is 5. The molecule has 0 amide bonds. The van der Waals surface area contributed by atoms with Crippen LogP contribution in [0.15, 0.2) is 30.5 Å². The van der Waals surface area contributed by atoms with Gasteiger partial charge in [0.15, 0.2) is 5.82 Å². The van der Waals surface area contributed by atoms with E-state index in [2.05, 4.69) is 19.9 Å². The average molecular weight is 723 g/mol. The Kier molecular flexibility index (Phi) is 7.65. The Morgan fingerprint density at radius 3 is 2.63 bits per heavy atom. The summed E-state index contributed by atoms with van der Waals surface area (Å²) in [5, 5.41) is 9.24. The lowest BCUT2D eigenvalue weighted by molar-refractivity contribution is -0.138. The fourth-order valence-electron chi connectivity index (χ4n) is 7.78. The van der Waals surface area contributed by atoms with Crippen LogP contribution in [0.4, 0.5) is 38.6 Å². The van der Waals surface area contributed by atoms with E-state index >= 15 is 22.0 Å². The van der Waals surface area contributed by atoms with Gasteiger partial charge in [-0.3, -0.25) is 4.90 Å². The molecule has 10 nitrogen and oxygen atoms in total. The van der Waals surface area contributed by atoms with Gasteiger partial charge in [0.05, 0.1) is 28.2 Å². The lowest BCUT2D eigenvalue weighted by atomic mass is 9.91. The molecule has 3 aliphatic rings. The predicted octanol–water partition coefficient (Wildman–Crippen LogP) is 7.06. The Labute approximate surface area is 292 Å². The lowest BCUT2D eigenvalue weighted by Crippen LogP contribution is -2.36. The third kappa shape index (κ3) is 5.16. The first-order valence-corrected chi connectivity index (χ1v) is 17.1. The van der Waals surface area contributed by atoms with Gasteiger partial charge in [-0.2, -0.15) is 28.4 Å². The third-order valence-electron chi connectivity index (χ3n) is 10.6. The molecule has 3 aromatic heterocycles. The van der Waals surface area contributed by atoms with Crippen LogP contribution in [0.5, 0.6) is 11.8 Å². The summed E-state index contributed by atoms with van der Waals surface area (Å²) in [7, 11) is 2.00. The topological polar surface area (TPSA) is 139 Å². The Balaban J connectivity index is 1.41. The van der Waals surface area contributed by atoms with Crippen LogP contribution in [-0.2, 0) is 6.18 Å². The molecule has 1 saturated heterocycles. The number of benzene rings is 2. The van der Waals surface area contributed by atoms with Gasteiger partial charge in [0.2, 0.25) is 0 Å². The Bertz CT molecular complexity index is 2290. The number of fused-ring (bicyclic) bond motifs is 1. The molecule has 2 fully saturated rings. The number of ether oxygens (including phenoxy) is 2. The molecular weight excluding hydrogens is 691 g/mol. The van der Waals surface area contributed by atoms with E-state index in [9.17, 15) is 5.26 Å². The third-order valence-corrected chi connectivity index (χ3v) is 11.6. The van der Waals surface area contributed by atoms with Crippen LogP contribution >= 0.6 is 11.3 Å². The normalized spacial score (nSPS) is 18.9. The van der Waals surface area contributed by atoms with Crippen molar-refractivity contribution in [1.29, 1.82) is 5.26 Å². The van der Waals surface area contributed by atoms with Gasteiger partial charge in [-0.15, -0.1) is 11.3 Å². The summed E-state index contributed by atoms with van der Waals surface area (Å²) < 4.78 is 90.5. The molecule has 0 unspecified atom stereocenters. The molecule has 1 spiro atoms. The van der Waals surface area contributed by atoms with E-state index in [0.717, 1.165) is 37.9 Å². The van der Waals surface area contributed by atoms with Crippen molar-refractivity contribution < 1.29 is 31.4 Å². The number of hydrogen-bond donors (Lipinski definition) is 2. The largest absolute Gasteiger partial charge is 0.490 e. The molecule has 5 heterocycles. The van der Waals surface area contributed by atoms with Crippen molar-refractivity contribution in [1.82, 2.24) is 19.9 Å². The summed E-state index contributed by atoms with van der Waals surface area (Å²) in [6.45, 7) is 2.62. The maximum absolute atomic E-state index is 17.3. The molecule has 1 saturated carbocycles. The number of pyridine rings is 1. The number of nitrogen functional groups attached to an aromatic ring is 2. The number of alkyl halides is 3. The van der Waals surface area contributed by atoms with Crippen molar-refractivity contribution in [3.8, 4) is 29.0 Å². The second kappa shape index (κ2) is 11.8. The maximum atomic E-state index is 17.3. The summed E-state index contributed by atoms with van der Waals surface area (Å²) >= 11 is 0.691. The summed E-state index contributed by atoms with van der Waals surface area (Å²) in [6.07, 6.45) is -0.555. The quantitative estimate of drug-likeness (QED) is 0.175. The molecule has 4 N–H and O–H groups in total. The van der Waals surface area contributed by atoms with Crippen LogP contribution in [0.25, 0.3) is 32.1 Å². The highest BCUT2D eigenvalue weighted by Gasteiger charge is 2.54. The summed E-state index contributed by atoms with van der Waals surface area (Å²) in [6, 6.07) is 6.42. The van der Waals surface area contributed by atoms with E-state index < -0.39 is 46.2 Å². The van der Waals surface area contributed by atoms with E-state index in [-0.39, 0.29) is 80.5 Å². The van der Waals surface area contributed by atoms with Crippen molar-refractivity contribution in [2.45, 2.75) is 44.4 Å². The molecule has 8 rings (SSSR count). The van der Waals surface area contributed by atoms with Crippen molar-refractivity contribution in [3.63, 3.8) is 0 Å². The first-order valence-electron chi connectivity index (χ1n) is 16.3. The first-order chi connectivity index (χ1) is 24.3. The molecule has 2 aromatic carbocycles. The molecule has 16 heteroatoms. The number of nitrogens with zero attached hydrogens (tertiary/aromatic N) is 6. The van der Waals surface area contributed by atoms with Gasteiger partial charge < -0.3 is 25.8 Å². The lowest BCUT2D eigenvalue weighted by Gasteiger charge is -2.30. The minimum atomic E-state index is -5.19. The monoisotopic (exact) mass is 722 g/mol. The molecular formula is C35H31F5N8O2S. The minimum Gasteiger partial charge on any atom is -0.490 e. The van der Waals surface area contributed by atoms with E-state index in [4.69, 9.17) is 20.9 Å². The number of anilines is 3. The molecule has 264 valence electrons. The minimum absolute atomic E-state index is 0.0267. The van der Waals surface area contributed by atoms with Crippen LogP contribution < -0.4 is 25.8 Å². The zero-order chi connectivity index (χ0) is 36.0. The van der Waals surface area contributed by atoms with Crippen molar-refractivity contribution in [2.75, 3.05) is 49.7 Å². The van der Waals surface area contributed by atoms with Gasteiger partial charge in [-0.1, -0.05) is 12.1 Å². The van der Waals surface area contributed by atoms with E-state index in [1.807, 2.05) is 13.1 Å². The standard InChI is InChI=1S/C35H31F5N8O2S/c1-16(17-4-3-10-44-30(17)42)48-12-13-49-28-24-27(45-33(46-32(24)48)50-15-21-34(7-8-34)9-11-47(21)2)26(37)23(25(28)35(38,39)40)18-5-6-20(36)29-22(18)19(14-41)31(43)51-29/h3-6,10,16,21H,7-9,11-13,15,43H2,1-2H3,(H2,42,44)/t16-,21+/m1/s1. The van der Waals surface area contributed by atoms with Gasteiger partial charge in [0.25, 0.3) is 0 Å². The predicted molar refractivity (Wildman–Crippen MR) is 183 cm³/mol. The molecule has 0 bridgehead atoms. The van der Waals surface area contributed by atoms with Crippen molar-refractivity contribution >= 4 is 49.0 Å². The van der Waals surface area contributed by atoms with E-state index in [1.165, 1.54) is 6.20 Å². The van der Waals surface area contributed by atoms with Gasteiger partial charge in [0, 0.05) is 28.8 Å². The Hall–Kier alpha value is -5.01. The van der Waals surface area contributed by atoms with Gasteiger partial charge in [0.1, 0.15) is 58.6 Å². The Morgan fingerprint density at radius 1 is 1.14 bits per heavy atom. The molecule has 2 atom stereocenters.